The van der Waals surface area contributed by atoms with Crippen LogP contribution in [0, 0.1) is 0 Å². The van der Waals surface area contributed by atoms with E-state index in [1.165, 1.54) is 4.90 Å². The molecule has 16 heavy (non-hydrogen) atoms. The van der Waals surface area contributed by atoms with Crippen LogP contribution >= 0.6 is 0 Å². The maximum atomic E-state index is 11.7. The zero-order valence-electron chi connectivity index (χ0n) is 9.64. The van der Waals surface area contributed by atoms with Gasteiger partial charge in [0.2, 0.25) is 15.9 Å². The number of nitrogens with two attached hydrogens (primary N) is 1. The van der Waals surface area contributed by atoms with E-state index in [1.807, 2.05) is 0 Å². The molecule has 0 spiro atoms. The molecular formula is C9H19N3O3S. The molecule has 1 aliphatic rings. The predicted molar refractivity (Wildman–Crippen MR) is 61.2 cm³/mol. The second-order valence-corrected chi connectivity index (χ2v) is 6.07. The highest BCUT2D eigenvalue weighted by molar-refractivity contribution is 7.90. The zero-order valence-corrected chi connectivity index (χ0v) is 10.5. The number of nitrogens with zero attached hydrogens (tertiary/aromatic N) is 1. The Bertz CT molecular complexity index is 353. The van der Waals surface area contributed by atoms with Gasteiger partial charge in [0.25, 0.3) is 0 Å². The van der Waals surface area contributed by atoms with E-state index in [-0.39, 0.29) is 12.5 Å². The van der Waals surface area contributed by atoms with Crippen molar-refractivity contribution < 1.29 is 13.2 Å². The van der Waals surface area contributed by atoms with Crippen molar-refractivity contribution >= 4 is 15.9 Å². The van der Waals surface area contributed by atoms with E-state index in [9.17, 15) is 13.2 Å². The molecular weight excluding hydrogens is 230 g/mol. The number of hydrogen-bond acceptors (Lipinski definition) is 4. The first-order chi connectivity index (χ1) is 7.38. The second kappa shape index (κ2) is 5.11. The standard InChI is InChI=1S/C9H19N3O3S/c1-3-11-16(14,15)8-4-5-12(6-8)9(13)7(2)10/h7-8,11H,3-6,10H2,1-2H3/t7-,8?/m1/s1. The minimum Gasteiger partial charge on any atom is -0.340 e. The number of sulfonamides is 1. The van der Waals surface area contributed by atoms with Gasteiger partial charge in [-0.3, -0.25) is 4.79 Å². The lowest BCUT2D eigenvalue weighted by Crippen LogP contribution is -2.43. The molecule has 0 aromatic heterocycles. The summed E-state index contributed by atoms with van der Waals surface area (Å²) in [5.74, 6) is -0.186. The summed E-state index contributed by atoms with van der Waals surface area (Å²) in [7, 11) is -3.29. The Kier molecular flexibility index (Phi) is 4.28. The van der Waals surface area contributed by atoms with E-state index in [1.54, 1.807) is 13.8 Å². The SMILES string of the molecule is CCNS(=O)(=O)C1CCN(C(=O)[C@@H](C)N)C1. The molecule has 3 N–H and O–H groups in total. The first-order valence-corrected chi connectivity index (χ1v) is 6.96. The molecule has 0 radical (unpaired) electrons. The minimum absolute atomic E-state index is 0.186. The zero-order chi connectivity index (χ0) is 12.3. The third kappa shape index (κ3) is 2.93. The minimum atomic E-state index is -3.29. The van der Waals surface area contributed by atoms with E-state index in [0.717, 1.165) is 0 Å². The van der Waals surface area contributed by atoms with E-state index in [4.69, 9.17) is 5.73 Å². The Labute approximate surface area is 96.2 Å². The van der Waals surface area contributed by atoms with Crippen LogP contribution < -0.4 is 10.5 Å². The first kappa shape index (κ1) is 13.4. The lowest BCUT2D eigenvalue weighted by Gasteiger charge is -2.18. The number of carbonyl (C=O) groups excluding carboxylic acids is 1. The third-order valence-electron chi connectivity index (χ3n) is 2.63. The second-order valence-electron chi connectivity index (χ2n) is 4.03. The molecule has 1 rings (SSSR count). The van der Waals surface area contributed by atoms with Gasteiger partial charge >= 0.3 is 0 Å². The molecule has 0 aliphatic carbocycles. The van der Waals surface area contributed by atoms with Gasteiger partial charge in [-0.05, 0) is 13.3 Å². The van der Waals surface area contributed by atoms with Crippen molar-refractivity contribution in [2.75, 3.05) is 19.6 Å². The topological polar surface area (TPSA) is 92.5 Å². The molecule has 1 unspecified atom stereocenters. The van der Waals surface area contributed by atoms with Gasteiger partial charge in [-0.15, -0.1) is 0 Å². The van der Waals surface area contributed by atoms with Crippen molar-refractivity contribution in [3.05, 3.63) is 0 Å². The fraction of sp³-hybridized carbons (Fsp3) is 0.889. The summed E-state index contributed by atoms with van der Waals surface area (Å²) in [5.41, 5.74) is 5.47. The van der Waals surface area contributed by atoms with Crippen LogP contribution in [-0.2, 0) is 14.8 Å². The molecule has 94 valence electrons. The highest BCUT2D eigenvalue weighted by atomic mass is 32.2. The normalized spacial score (nSPS) is 23.4. The Balaban J connectivity index is 2.63. The maximum Gasteiger partial charge on any atom is 0.239 e. The summed E-state index contributed by atoms with van der Waals surface area (Å²) in [6.07, 6.45) is 0.480. The molecule has 0 saturated carbocycles. The number of carbonyl (C=O) groups is 1. The van der Waals surface area contributed by atoms with Gasteiger partial charge in [0, 0.05) is 19.6 Å². The molecule has 0 aromatic rings. The highest BCUT2D eigenvalue weighted by Crippen LogP contribution is 2.16. The summed E-state index contributed by atoms with van der Waals surface area (Å²) in [5, 5.41) is -0.504. The maximum absolute atomic E-state index is 11.7. The van der Waals surface area contributed by atoms with Gasteiger partial charge in [0.15, 0.2) is 0 Å². The van der Waals surface area contributed by atoms with Crippen molar-refractivity contribution in [2.24, 2.45) is 5.73 Å². The largest absolute Gasteiger partial charge is 0.340 e. The van der Waals surface area contributed by atoms with Crippen LogP contribution in [-0.4, -0.2) is 50.2 Å². The van der Waals surface area contributed by atoms with Gasteiger partial charge in [-0.1, -0.05) is 6.92 Å². The molecule has 2 atom stereocenters. The fourth-order valence-corrected chi connectivity index (χ4v) is 3.22. The Morgan fingerprint density at radius 1 is 1.62 bits per heavy atom. The quantitative estimate of drug-likeness (QED) is 0.659. The van der Waals surface area contributed by atoms with Crippen LogP contribution in [0.4, 0.5) is 0 Å². The third-order valence-corrected chi connectivity index (χ3v) is 4.58. The number of hydrogen-bond donors (Lipinski definition) is 2. The molecule has 1 amide bonds. The number of amides is 1. The van der Waals surface area contributed by atoms with Crippen molar-refractivity contribution in [1.29, 1.82) is 0 Å². The van der Waals surface area contributed by atoms with Crippen molar-refractivity contribution in [1.82, 2.24) is 9.62 Å². The average molecular weight is 249 g/mol. The lowest BCUT2D eigenvalue weighted by molar-refractivity contribution is -0.131. The lowest BCUT2D eigenvalue weighted by atomic mass is 10.3. The van der Waals surface area contributed by atoms with Gasteiger partial charge in [-0.25, -0.2) is 13.1 Å². The molecule has 0 bridgehead atoms. The fourth-order valence-electron chi connectivity index (χ4n) is 1.79. The summed E-state index contributed by atoms with van der Waals surface area (Å²) >= 11 is 0. The Morgan fingerprint density at radius 2 is 2.25 bits per heavy atom. The predicted octanol–water partition coefficient (Wildman–Crippen LogP) is -1.13. The molecule has 1 aliphatic heterocycles. The van der Waals surface area contributed by atoms with Crippen LogP contribution in [0.2, 0.25) is 0 Å². The van der Waals surface area contributed by atoms with Crippen molar-refractivity contribution in [3.8, 4) is 0 Å². The summed E-state index contributed by atoms with van der Waals surface area (Å²) in [6, 6.07) is -0.569. The van der Waals surface area contributed by atoms with Crippen LogP contribution in [0.25, 0.3) is 0 Å². The first-order valence-electron chi connectivity index (χ1n) is 5.41. The van der Waals surface area contributed by atoms with Gasteiger partial charge in [-0.2, -0.15) is 0 Å². The number of nitrogens with one attached hydrogen (secondary N) is 1. The molecule has 6 nitrogen and oxygen atoms in total. The van der Waals surface area contributed by atoms with Gasteiger partial charge in [0.05, 0.1) is 11.3 Å². The molecule has 1 fully saturated rings. The monoisotopic (exact) mass is 249 g/mol. The number of rotatable bonds is 4. The summed E-state index contributed by atoms with van der Waals surface area (Å²) < 4.78 is 25.8. The van der Waals surface area contributed by atoms with Crippen molar-refractivity contribution in [2.45, 2.75) is 31.6 Å². The molecule has 1 heterocycles. The van der Waals surface area contributed by atoms with Crippen LogP contribution in [0.1, 0.15) is 20.3 Å². The van der Waals surface area contributed by atoms with Crippen LogP contribution in [0.15, 0.2) is 0 Å². The van der Waals surface area contributed by atoms with Crippen LogP contribution in [0.5, 0.6) is 0 Å². The summed E-state index contributed by atoms with van der Waals surface area (Å²) in [6.45, 7) is 4.43. The molecule has 1 saturated heterocycles. The highest BCUT2D eigenvalue weighted by Gasteiger charge is 2.35. The Morgan fingerprint density at radius 3 is 2.75 bits per heavy atom. The van der Waals surface area contributed by atoms with Crippen molar-refractivity contribution in [3.63, 3.8) is 0 Å². The molecule has 7 heteroatoms. The Hall–Kier alpha value is -0.660. The summed E-state index contributed by atoms with van der Waals surface area (Å²) in [4.78, 5) is 13.1. The van der Waals surface area contributed by atoms with E-state index < -0.39 is 21.3 Å². The van der Waals surface area contributed by atoms with Gasteiger partial charge < -0.3 is 10.6 Å². The van der Waals surface area contributed by atoms with E-state index >= 15 is 0 Å². The smallest absolute Gasteiger partial charge is 0.239 e. The van der Waals surface area contributed by atoms with Crippen LogP contribution in [0.3, 0.4) is 0 Å². The van der Waals surface area contributed by atoms with E-state index in [0.29, 0.717) is 19.5 Å². The van der Waals surface area contributed by atoms with E-state index in [2.05, 4.69) is 4.72 Å². The average Bonchev–Trinajstić information content (AvgIpc) is 2.65. The van der Waals surface area contributed by atoms with Gasteiger partial charge in [0.1, 0.15) is 0 Å². The number of likely N-dealkylation sites (tertiary alicyclic amines) is 1. The molecule has 0 aromatic carbocycles.